The van der Waals surface area contributed by atoms with E-state index in [2.05, 4.69) is 16.0 Å². The molecule has 2 aromatic carbocycles. The summed E-state index contributed by atoms with van der Waals surface area (Å²) in [6.45, 7) is 1.81. The van der Waals surface area contributed by atoms with Gasteiger partial charge in [0.2, 0.25) is 11.8 Å². The molecule has 0 heterocycles. The highest BCUT2D eigenvalue weighted by molar-refractivity contribution is 6.30. The molecule has 0 saturated carbocycles. The molecule has 0 bridgehead atoms. The lowest BCUT2D eigenvalue weighted by Crippen LogP contribution is -2.25. The van der Waals surface area contributed by atoms with Crippen LogP contribution >= 0.6 is 11.6 Å². The van der Waals surface area contributed by atoms with E-state index in [9.17, 15) is 14.4 Å². The summed E-state index contributed by atoms with van der Waals surface area (Å²) in [6.07, 6.45) is 0.780. The Kier molecular flexibility index (Phi) is 7.17. The third-order valence-corrected chi connectivity index (χ3v) is 3.69. The second-order valence-electron chi connectivity index (χ2n) is 5.68. The van der Waals surface area contributed by atoms with Gasteiger partial charge in [0.15, 0.2) is 0 Å². The van der Waals surface area contributed by atoms with E-state index < -0.39 is 0 Å². The van der Waals surface area contributed by atoms with Gasteiger partial charge in [0.25, 0.3) is 5.91 Å². The van der Waals surface area contributed by atoms with Gasteiger partial charge < -0.3 is 16.0 Å². The molecule has 136 valence electrons. The normalized spacial score (nSPS) is 10.1. The van der Waals surface area contributed by atoms with Gasteiger partial charge in [-0.05, 0) is 48.9 Å². The van der Waals surface area contributed by atoms with Gasteiger partial charge in [-0.25, -0.2) is 0 Å². The summed E-state index contributed by atoms with van der Waals surface area (Å²) in [7, 11) is 0. The van der Waals surface area contributed by atoms with Crippen molar-refractivity contribution in [2.75, 3.05) is 17.2 Å². The molecule has 26 heavy (non-hydrogen) atoms. The summed E-state index contributed by atoms with van der Waals surface area (Å²) in [5.41, 5.74) is 1.74. The molecule has 0 aliphatic heterocycles. The smallest absolute Gasteiger partial charge is 0.251 e. The summed E-state index contributed by atoms with van der Waals surface area (Å²) in [4.78, 5) is 35.0. The molecule has 0 atom stereocenters. The van der Waals surface area contributed by atoms with E-state index in [1.165, 1.54) is 6.92 Å². The number of carbonyl (C=O) groups excluding carboxylic acids is 3. The summed E-state index contributed by atoms with van der Waals surface area (Å²) >= 11 is 5.78. The lowest BCUT2D eigenvalue weighted by molar-refractivity contribution is -0.116. The molecule has 0 aromatic heterocycles. The van der Waals surface area contributed by atoms with E-state index in [0.717, 1.165) is 0 Å². The molecule has 0 aliphatic carbocycles. The standard InChI is InChI=1S/C19H20ClN3O3/c1-13(24)22-16-4-2-5-17(12-16)23-18(25)6-3-11-21-19(26)14-7-9-15(20)10-8-14/h2,4-5,7-10,12H,3,6,11H2,1H3,(H,21,26)(H,22,24)(H,23,25). The predicted molar refractivity (Wildman–Crippen MR) is 102 cm³/mol. The largest absolute Gasteiger partial charge is 0.352 e. The first-order valence-electron chi connectivity index (χ1n) is 8.15. The first kappa shape index (κ1) is 19.5. The zero-order chi connectivity index (χ0) is 18.9. The van der Waals surface area contributed by atoms with Crippen molar-refractivity contribution in [1.82, 2.24) is 5.32 Å². The number of halogens is 1. The molecule has 0 fully saturated rings. The van der Waals surface area contributed by atoms with Crippen molar-refractivity contribution in [2.45, 2.75) is 19.8 Å². The average Bonchev–Trinajstić information content (AvgIpc) is 2.59. The molecule has 2 rings (SSSR count). The highest BCUT2D eigenvalue weighted by atomic mass is 35.5. The summed E-state index contributed by atoms with van der Waals surface area (Å²) in [5.74, 6) is -0.541. The second-order valence-corrected chi connectivity index (χ2v) is 6.11. The van der Waals surface area contributed by atoms with Crippen LogP contribution in [0.25, 0.3) is 0 Å². The highest BCUT2D eigenvalue weighted by Gasteiger charge is 2.06. The highest BCUT2D eigenvalue weighted by Crippen LogP contribution is 2.15. The maximum Gasteiger partial charge on any atom is 0.251 e. The summed E-state index contributed by atoms with van der Waals surface area (Å²) in [5, 5.41) is 8.75. The van der Waals surface area contributed by atoms with Crippen LogP contribution < -0.4 is 16.0 Å². The van der Waals surface area contributed by atoms with Crippen molar-refractivity contribution in [3.8, 4) is 0 Å². The molecule has 0 unspecified atom stereocenters. The van der Waals surface area contributed by atoms with Crippen LogP contribution in [0.15, 0.2) is 48.5 Å². The van der Waals surface area contributed by atoms with E-state index in [1.807, 2.05) is 0 Å². The van der Waals surface area contributed by atoms with E-state index in [1.54, 1.807) is 48.5 Å². The molecule has 3 amide bonds. The van der Waals surface area contributed by atoms with Gasteiger partial charge in [0, 0.05) is 41.9 Å². The number of benzene rings is 2. The number of hydrogen-bond acceptors (Lipinski definition) is 3. The number of rotatable bonds is 7. The second kappa shape index (κ2) is 9.58. The maximum absolute atomic E-state index is 12.0. The first-order valence-corrected chi connectivity index (χ1v) is 8.53. The number of anilines is 2. The Bertz CT molecular complexity index is 791. The third-order valence-electron chi connectivity index (χ3n) is 3.44. The van der Waals surface area contributed by atoms with Crippen LogP contribution in [-0.4, -0.2) is 24.3 Å². The van der Waals surface area contributed by atoms with Crippen molar-refractivity contribution < 1.29 is 14.4 Å². The van der Waals surface area contributed by atoms with Gasteiger partial charge in [-0.15, -0.1) is 0 Å². The third kappa shape index (κ3) is 6.57. The maximum atomic E-state index is 12.0. The molecule has 6 nitrogen and oxygen atoms in total. The number of amides is 3. The van der Waals surface area contributed by atoms with Crippen LogP contribution in [0, 0.1) is 0 Å². The number of nitrogens with one attached hydrogen (secondary N) is 3. The fourth-order valence-electron chi connectivity index (χ4n) is 2.26. The van der Waals surface area contributed by atoms with Crippen molar-refractivity contribution in [2.24, 2.45) is 0 Å². The van der Waals surface area contributed by atoms with Crippen molar-refractivity contribution in [1.29, 1.82) is 0 Å². The lowest BCUT2D eigenvalue weighted by Gasteiger charge is -2.08. The molecular weight excluding hydrogens is 354 g/mol. The van der Waals surface area contributed by atoms with Crippen LogP contribution in [0.4, 0.5) is 11.4 Å². The molecule has 7 heteroatoms. The zero-order valence-electron chi connectivity index (χ0n) is 14.3. The fraction of sp³-hybridized carbons (Fsp3) is 0.211. The van der Waals surface area contributed by atoms with Gasteiger partial charge in [-0.3, -0.25) is 14.4 Å². The van der Waals surface area contributed by atoms with Gasteiger partial charge in [-0.1, -0.05) is 17.7 Å². The Labute approximate surface area is 156 Å². The van der Waals surface area contributed by atoms with Gasteiger partial charge in [0.1, 0.15) is 0 Å². The number of hydrogen-bond donors (Lipinski definition) is 3. The fourth-order valence-corrected chi connectivity index (χ4v) is 2.38. The minimum Gasteiger partial charge on any atom is -0.352 e. The van der Waals surface area contributed by atoms with Crippen molar-refractivity contribution in [3.63, 3.8) is 0 Å². The van der Waals surface area contributed by atoms with Crippen LogP contribution in [0.2, 0.25) is 5.02 Å². The van der Waals surface area contributed by atoms with E-state index in [4.69, 9.17) is 11.6 Å². The SMILES string of the molecule is CC(=O)Nc1cccc(NC(=O)CCCNC(=O)c2ccc(Cl)cc2)c1. The van der Waals surface area contributed by atoms with E-state index in [-0.39, 0.29) is 24.1 Å². The molecule has 0 spiro atoms. The minimum absolute atomic E-state index is 0.161. The molecule has 0 saturated heterocycles. The Morgan fingerprint density at radius 2 is 1.62 bits per heavy atom. The van der Waals surface area contributed by atoms with Crippen LogP contribution in [-0.2, 0) is 9.59 Å². The Balaban J connectivity index is 1.72. The Hall–Kier alpha value is -2.86. The van der Waals surface area contributed by atoms with E-state index in [0.29, 0.717) is 34.9 Å². The van der Waals surface area contributed by atoms with Crippen LogP contribution in [0.5, 0.6) is 0 Å². The van der Waals surface area contributed by atoms with Crippen molar-refractivity contribution >= 4 is 40.7 Å². The molecule has 0 aliphatic rings. The van der Waals surface area contributed by atoms with Gasteiger partial charge in [0.05, 0.1) is 0 Å². The summed E-state index contributed by atoms with van der Waals surface area (Å²) < 4.78 is 0. The van der Waals surface area contributed by atoms with Gasteiger partial charge in [-0.2, -0.15) is 0 Å². The molecule has 3 N–H and O–H groups in total. The molecule has 2 aromatic rings. The average molecular weight is 374 g/mol. The minimum atomic E-state index is -0.204. The molecular formula is C19H20ClN3O3. The quantitative estimate of drug-likeness (QED) is 0.649. The Morgan fingerprint density at radius 3 is 2.27 bits per heavy atom. The topological polar surface area (TPSA) is 87.3 Å². The lowest BCUT2D eigenvalue weighted by atomic mass is 10.2. The van der Waals surface area contributed by atoms with Crippen molar-refractivity contribution in [3.05, 3.63) is 59.1 Å². The van der Waals surface area contributed by atoms with Crippen LogP contribution in [0.1, 0.15) is 30.1 Å². The first-order chi connectivity index (χ1) is 12.4. The zero-order valence-corrected chi connectivity index (χ0v) is 15.1. The van der Waals surface area contributed by atoms with Crippen LogP contribution in [0.3, 0.4) is 0 Å². The number of carbonyl (C=O) groups is 3. The Morgan fingerprint density at radius 1 is 0.962 bits per heavy atom. The van der Waals surface area contributed by atoms with Gasteiger partial charge >= 0.3 is 0 Å². The monoisotopic (exact) mass is 373 g/mol. The van der Waals surface area contributed by atoms with E-state index >= 15 is 0 Å². The summed E-state index contributed by atoms with van der Waals surface area (Å²) in [6, 6.07) is 13.5. The predicted octanol–water partition coefficient (Wildman–Crippen LogP) is 3.45. The molecule has 0 radical (unpaired) electrons.